The Morgan fingerprint density at radius 3 is 2.94 bits per heavy atom. The fourth-order valence-electron chi connectivity index (χ4n) is 1.81. The highest BCUT2D eigenvalue weighted by Gasteiger charge is 2.14. The summed E-state index contributed by atoms with van der Waals surface area (Å²) in [5, 5.41) is 9.72. The first-order chi connectivity index (χ1) is 8.61. The summed E-state index contributed by atoms with van der Waals surface area (Å²) in [6.07, 6.45) is 1.92. The number of aliphatic carboxylic acids is 1. The number of nitrogens with two attached hydrogens (primary N) is 1. The van der Waals surface area contributed by atoms with Gasteiger partial charge in [0.25, 0.3) is 0 Å². The van der Waals surface area contributed by atoms with Crippen molar-refractivity contribution in [1.82, 2.24) is 4.98 Å². The number of methoxy groups -OCH3 is 1. The molecule has 2 rings (SSSR count). The van der Waals surface area contributed by atoms with Gasteiger partial charge in [0.1, 0.15) is 11.8 Å². The Hall–Kier alpha value is -2.14. The Bertz CT molecular complexity index is 583. The Balaban J connectivity index is 2.46. The van der Waals surface area contributed by atoms with Gasteiger partial charge in [-0.05, 0) is 36.2 Å². The molecule has 0 saturated carbocycles. The van der Waals surface area contributed by atoms with Crippen LogP contribution in [-0.4, -0.2) is 29.2 Å². The Labute approximate surface area is 104 Å². The van der Waals surface area contributed by atoms with Crippen LogP contribution in [0.3, 0.4) is 0 Å². The molecule has 18 heavy (non-hydrogen) atoms. The average molecular weight is 246 g/mol. The zero-order chi connectivity index (χ0) is 13.1. The molecule has 0 aliphatic rings. The minimum Gasteiger partial charge on any atom is -0.497 e. The number of rotatable bonds is 4. The lowest BCUT2D eigenvalue weighted by atomic mass is 10.0. The van der Waals surface area contributed by atoms with E-state index < -0.39 is 12.0 Å². The van der Waals surface area contributed by atoms with Crippen molar-refractivity contribution in [3.63, 3.8) is 0 Å². The van der Waals surface area contributed by atoms with Crippen molar-refractivity contribution in [2.24, 2.45) is 5.73 Å². The molecule has 1 atom stereocenters. The maximum absolute atomic E-state index is 10.8. The first kappa shape index (κ1) is 12.3. The van der Waals surface area contributed by atoms with Crippen LogP contribution in [0.4, 0.5) is 0 Å². The molecule has 0 unspecified atom stereocenters. The van der Waals surface area contributed by atoms with Crippen LogP contribution < -0.4 is 10.5 Å². The first-order valence-electron chi connectivity index (χ1n) is 5.52. The minimum absolute atomic E-state index is 0.265. The number of fused-ring (bicyclic) bond motifs is 1. The van der Waals surface area contributed by atoms with Crippen LogP contribution in [0.1, 0.15) is 5.56 Å². The topological polar surface area (TPSA) is 85.4 Å². The lowest BCUT2D eigenvalue weighted by molar-refractivity contribution is -0.138. The van der Waals surface area contributed by atoms with Crippen molar-refractivity contribution >= 4 is 16.9 Å². The number of carboxylic acid groups (broad SMARTS) is 1. The molecule has 0 amide bonds. The van der Waals surface area contributed by atoms with Gasteiger partial charge in [0.15, 0.2) is 0 Å². The number of pyridine rings is 1. The molecular weight excluding hydrogens is 232 g/mol. The summed E-state index contributed by atoms with van der Waals surface area (Å²) in [7, 11) is 1.58. The van der Waals surface area contributed by atoms with Gasteiger partial charge in [-0.2, -0.15) is 0 Å². The zero-order valence-electron chi connectivity index (χ0n) is 9.96. The molecule has 1 aromatic carbocycles. The van der Waals surface area contributed by atoms with Crippen LogP contribution in [-0.2, 0) is 11.2 Å². The number of ether oxygens (including phenoxy) is 1. The number of carbonyl (C=O) groups is 1. The predicted molar refractivity (Wildman–Crippen MR) is 67.6 cm³/mol. The Kier molecular flexibility index (Phi) is 3.43. The molecule has 5 heteroatoms. The summed E-state index contributed by atoms with van der Waals surface area (Å²) in [5.41, 5.74) is 7.21. The van der Waals surface area contributed by atoms with Crippen molar-refractivity contribution in [1.29, 1.82) is 0 Å². The fraction of sp³-hybridized carbons (Fsp3) is 0.231. The van der Waals surface area contributed by atoms with E-state index in [0.717, 1.165) is 16.5 Å². The van der Waals surface area contributed by atoms with Crippen LogP contribution >= 0.6 is 0 Å². The molecule has 0 fully saturated rings. The summed E-state index contributed by atoms with van der Waals surface area (Å²) in [6.45, 7) is 0. The van der Waals surface area contributed by atoms with Crippen molar-refractivity contribution in [3.8, 4) is 5.75 Å². The van der Waals surface area contributed by atoms with Crippen molar-refractivity contribution in [2.45, 2.75) is 12.5 Å². The summed E-state index contributed by atoms with van der Waals surface area (Å²) < 4.78 is 5.15. The summed E-state index contributed by atoms with van der Waals surface area (Å²) in [4.78, 5) is 15.0. The monoisotopic (exact) mass is 246 g/mol. The minimum atomic E-state index is -1.01. The van der Waals surface area contributed by atoms with E-state index in [2.05, 4.69) is 4.98 Å². The molecule has 1 aromatic heterocycles. The second-order valence-corrected chi connectivity index (χ2v) is 4.00. The van der Waals surface area contributed by atoms with E-state index in [9.17, 15) is 4.79 Å². The van der Waals surface area contributed by atoms with Gasteiger partial charge in [-0.15, -0.1) is 0 Å². The molecule has 94 valence electrons. The van der Waals surface area contributed by atoms with Crippen LogP contribution in [0.5, 0.6) is 5.75 Å². The third-order valence-corrected chi connectivity index (χ3v) is 2.80. The van der Waals surface area contributed by atoms with Gasteiger partial charge in [-0.3, -0.25) is 9.78 Å². The molecule has 2 aromatic rings. The molecule has 0 aliphatic heterocycles. The fourth-order valence-corrected chi connectivity index (χ4v) is 1.81. The third-order valence-electron chi connectivity index (χ3n) is 2.80. The maximum atomic E-state index is 10.8. The van der Waals surface area contributed by atoms with E-state index in [0.29, 0.717) is 5.75 Å². The molecule has 1 heterocycles. The molecule has 3 N–H and O–H groups in total. The second-order valence-electron chi connectivity index (χ2n) is 4.00. The molecule has 0 radical (unpaired) electrons. The average Bonchev–Trinajstić information content (AvgIpc) is 2.38. The SMILES string of the molecule is COc1ccc2nccc(C[C@H](N)C(=O)O)c2c1. The molecule has 0 aliphatic carbocycles. The van der Waals surface area contributed by atoms with Crippen molar-refractivity contribution < 1.29 is 14.6 Å². The zero-order valence-corrected chi connectivity index (χ0v) is 9.96. The molecule has 0 bridgehead atoms. The van der Waals surface area contributed by atoms with Gasteiger partial charge < -0.3 is 15.6 Å². The lowest BCUT2D eigenvalue weighted by Gasteiger charge is -2.10. The van der Waals surface area contributed by atoms with Crippen molar-refractivity contribution in [2.75, 3.05) is 7.11 Å². The van der Waals surface area contributed by atoms with Gasteiger partial charge in [0.2, 0.25) is 0 Å². The Morgan fingerprint density at radius 1 is 1.50 bits per heavy atom. The maximum Gasteiger partial charge on any atom is 0.320 e. The van der Waals surface area contributed by atoms with Gasteiger partial charge in [-0.1, -0.05) is 0 Å². The van der Waals surface area contributed by atoms with E-state index in [1.165, 1.54) is 0 Å². The smallest absolute Gasteiger partial charge is 0.320 e. The summed E-state index contributed by atoms with van der Waals surface area (Å²) in [5.74, 6) is -0.302. The van der Waals surface area contributed by atoms with E-state index in [-0.39, 0.29) is 6.42 Å². The van der Waals surface area contributed by atoms with E-state index in [4.69, 9.17) is 15.6 Å². The standard InChI is InChI=1S/C13H14N2O3/c1-18-9-2-3-12-10(7-9)8(4-5-15-12)6-11(14)13(16)17/h2-5,7,11H,6,14H2,1H3,(H,16,17)/t11-/m0/s1. The highest BCUT2D eigenvalue weighted by atomic mass is 16.5. The van der Waals surface area contributed by atoms with Crippen LogP contribution in [0.15, 0.2) is 30.5 Å². The molecule has 0 spiro atoms. The van der Waals surface area contributed by atoms with E-state index in [1.807, 2.05) is 18.2 Å². The normalized spacial score (nSPS) is 12.3. The van der Waals surface area contributed by atoms with Gasteiger partial charge in [0, 0.05) is 11.6 Å². The van der Waals surface area contributed by atoms with Gasteiger partial charge >= 0.3 is 5.97 Å². The number of hydrogen-bond acceptors (Lipinski definition) is 4. The lowest BCUT2D eigenvalue weighted by Crippen LogP contribution is -2.32. The van der Waals surface area contributed by atoms with Crippen molar-refractivity contribution in [3.05, 3.63) is 36.0 Å². The van der Waals surface area contributed by atoms with Crippen LogP contribution in [0.25, 0.3) is 10.9 Å². The number of benzene rings is 1. The molecular formula is C13H14N2O3. The second kappa shape index (κ2) is 5.01. The predicted octanol–water partition coefficient (Wildman–Crippen LogP) is 1.20. The number of carboxylic acids is 1. The summed E-state index contributed by atoms with van der Waals surface area (Å²) >= 11 is 0. The van der Waals surface area contributed by atoms with Gasteiger partial charge in [0.05, 0.1) is 12.6 Å². The largest absolute Gasteiger partial charge is 0.497 e. The van der Waals surface area contributed by atoms with E-state index in [1.54, 1.807) is 19.4 Å². The quantitative estimate of drug-likeness (QED) is 0.846. The van der Waals surface area contributed by atoms with Crippen LogP contribution in [0.2, 0.25) is 0 Å². The van der Waals surface area contributed by atoms with Crippen LogP contribution in [0, 0.1) is 0 Å². The summed E-state index contributed by atoms with van der Waals surface area (Å²) in [6, 6.07) is 6.36. The number of aromatic nitrogens is 1. The first-order valence-corrected chi connectivity index (χ1v) is 5.52. The van der Waals surface area contributed by atoms with E-state index >= 15 is 0 Å². The third kappa shape index (κ3) is 2.41. The van der Waals surface area contributed by atoms with Gasteiger partial charge in [-0.25, -0.2) is 0 Å². The molecule has 0 saturated heterocycles. The molecule has 5 nitrogen and oxygen atoms in total. The highest BCUT2D eigenvalue weighted by Crippen LogP contribution is 2.23. The Morgan fingerprint density at radius 2 is 2.28 bits per heavy atom. The number of hydrogen-bond donors (Lipinski definition) is 2. The highest BCUT2D eigenvalue weighted by molar-refractivity contribution is 5.84. The number of nitrogens with zero attached hydrogens (tertiary/aromatic N) is 1.